The van der Waals surface area contributed by atoms with Crippen molar-refractivity contribution in [1.29, 1.82) is 0 Å². The Hall–Kier alpha value is -4.44. The molecule has 0 saturated carbocycles. The lowest BCUT2D eigenvalue weighted by molar-refractivity contribution is 0.103. The van der Waals surface area contributed by atoms with Gasteiger partial charge in [0.2, 0.25) is 5.78 Å². The molecule has 0 spiro atoms. The van der Waals surface area contributed by atoms with Gasteiger partial charge >= 0.3 is 0 Å². The third-order valence-electron chi connectivity index (χ3n) is 5.86. The molecule has 0 aliphatic carbocycles. The zero-order chi connectivity index (χ0) is 23.5. The van der Waals surface area contributed by atoms with Crippen molar-refractivity contribution in [1.82, 2.24) is 9.78 Å². The smallest absolute Gasteiger partial charge is 0.213 e. The number of aromatic nitrogens is 2. The topological polar surface area (TPSA) is 44.1 Å². The van der Waals surface area contributed by atoms with Crippen molar-refractivity contribution in [3.05, 3.63) is 126 Å². The van der Waals surface area contributed by atoms with Crippen LogP contribution in [0.15, 0.2) is 109 Å². The van der Waals surface area contributed by atoms with E-state index < -0.39 is 0 Å². The van der Waals surface area contributed by atoms with Crippen LogP contribution >= 0.6 is 0 Å². The molecule has 4 nitrogen and oxygen atoms in total. The second-order valence-electron chi connectivity index (χ2n) is 8.16. The van der Waals surface area contributed by atoms with E-state index in [0.29, 0.717) is 11.3 Å². The second kappa shape index (κ2) is 9.20. The monoisotopic (exact) mass is 444 g/mol. The predicted molar refractivity (Wildman–Crippen MR) is 136 cm³/mol. The summed E-state index contributed by atoms with van der Waals surface area (Å²) in [6, 6.07) is 35.5. The summed E-state index contributed by atoms with van der Waals surface area (Å²) in [4.78, 5) is 13.4. The Labute approximate surface area is 199 Å². The molecule has 4 heteroatoms. The van der Waals surface area contributed by atoms with E-state index in [9.17, 15) is 4.79 Å². The summed E-state index contributed by atoms with van der Waals surface area (Å²) in [5.41, 5.74) is 7.08. The highest BCUT2D eigenvalue weighted by Gasteiger charge is 2.18. The minimum absolute atomic E-state index is 0.111. The number of rotatable bonds is 6. The molecule has 0 aliphatic rings. The molecule has 1 aromatic heterocycles. The zero-order valence-electron chi connectivity index (χ0n) is 19.1. The second-order valence-corrected chi connectivity index (χ2v) is 8.16. The Balaban J connectivity index is 1.53. The average Bonchev–Trinajstić information content (AvgIpc) is 3.35. The van der Waals surface area contributed by atoms with E-state index in [4.69, 9.17) is 9.84 Å². The van der Waals surface area contributed by atoms with Gasteiger partial charge in [-0.15, -0.1) is 0 Å². The number of carbonyl (C=O) groups excluding carboxylic acids is 1. The maximum absolute atomic E-state index is 13.4. The lowest BCUT2D eigenvalue weighted by atomic mass is 10.0. The summed E-state index contributed by atoms with van der Waals surface area (Å²) >= 11 is 0. The molecule has 0 aliphatic heterocycles. The number of ether oxygens (including phenoxy) is 1. The summed E-state index contributed by atoms with van der Waals surface area (Å²) < 4.78 is 7.11. The van der Waals surface area contributed by atoms with Gasteiger partial charge in [-0.05, 0) is 48.4 Å². The normalized spacial score (nSPS) is 10.8. The summed E-state index contributed by atoms with van der Waals surface area (Å²) in [5.74, 6) is 0.655. The number of aryl methyl sites for hydroxylation is 1. The van der Waals surface area contributed by atoms with Crippen LogP contribution in [0.4, 0.5) is 0 Å². The van der Waals surface area contributed by atoms with Crippen LogP contribution in [0.3, 0.4) is 0 Å². The molecule has 0 fully saturated rings. The number of methoxy groups -OCH3 is 1. The van der Waals surface area contributed by atoms with Gasteiger partial charge in [0, 0.05) is 11.1 Å². The van der Waals surface area contributed by atoms with Crippen LogP contribution in [0.5, 0.6) is 5.75 Å². The van der Waals surface area contributed by atoms with Crippen LogP contribution in [0.1, 0.15) is 21.6 Å². The molecule has 0 atom stereocenters. The van der Waals surface area contributed by atoms with E-state index in [0.717, 1.165) is 33.8 Å². The molecular formula is C30H24N2O2. The van der Waals surface area contributed by atoms with Gasteiger partial charge in [-0.2, -0.15) is 5.10 Å². The largest absolute Gasteiger partial charge is 0.497 e. The van der Waals surface area contributed by atoms with Gasteiger partial charge in [0.15, 0.2) is 0 Å². The van der Waals surface area contributed by atoms with E-state index in [-0.39, 0.29) is 5.78 Å². The van der Waals surface area contributed by atoms with Gasteiger partial charge in [-0.1, -0.05) is 84.4 Å². The van der Waals surface area contributed by atoms with Crippen molar-refractivity contribution in [2.75, 3.05) is 7.11 Å². The number of carbonyl (C=O) groups is 1. The van der Waals surface area contributed by atoms with E-state index in [2.05, 4.69) is 43.3 Å². The molecule has 166 valence electrons. The van der Waals surface area contributed by atoms with Crippen molar-refractivity contribution < 1.29 is 9.53 Å². The fraction of sp³-hybridized carbons (Fsp3) is 0.0667. The molecule has 0 saturated heterocycles. The van der Waals surface area contributed by atoms with Crippen molar-refractivity contribution >= 4 is 5.78 Å². The number of ketones is 1. The van der Waals surface area contributed by atoms with Crippen LogP contribution in [0.2, 0.25) is 0 Å². The molecule has 0 amide bonds. The van der Waals surface area contributed by atoms with Crippen LogP contribution in [-0.2, 0) is 0 Å². The third kappa shape index (κ3) is 4.26. The Kier molecular flexibility index (Phi) is 5.79. The van der Waals surface area contributed by atoms with Gasteiger partial charge in [0.25, 0.3) is 0 Å². The first kappa shape index (κ1) is 21.4. The molecule has 5 aromatic rings. The lowest BCUT2D eigenvalue weighted by Crippen LogP contribution is -2.04. The van der Waals surface area contributed by atoms with E-state index >= 15 is 0 Å². The molecule has 0 unspecified atom stereocenters. The van der Waals surface area contributed by atoms with Gasteiger partial charge in [-0.25, -0.2) is 4.68 Å². The van der Waals surface area contributed by atoms with Crippen molar-refractivity contribution in [2.45, 2.75) is 6.92 Å². The van der Waals surface area contributed by atoms with Crippen LogP contribution in [-0.4, -0.2) is 22.7 Å². The fourth-order valence-corrected chi connectivity index (χ4v) is 3.93. The van der Waals surface area contributed by atoms with E-state index in [1.54, 1.807) is 7.11 Å². The molecule has 34 heavy (non-hydrogen) atoms. The van der Waals surface area contributed by atoms with Gasteiger partial charge < -0.3 is 4.74 Å². The van der Waals surface area contributed by atoms with Crippen molar-refractivity contribution in [3.63, 3.8) is 0 Å². The highest BCUT2D eigenvalue weighted by Crippen LogP contribution is 2.27. The zero-order valence-corrected chi connectivity index (χ0v) is 19.1. The highest BCUT2D eigenvalue weighted by atomic mass is 16.5. The first-order valence-corrected chi connectivity index (χ1v) is 11.1. The average molecular weight is 445 g/mol. The Bertz CT molecular complexity index is 1420. The molecule has 1 heterocycles. The summed E-state index contributed by atoms with van der Waals surface area (Å²) in [5, 5.41) is 4.72. The van der Waals surface area contributed by atoms with Crippen LogP contribution < -0.4 is 4.74 Å². The van der Waals surface area contributed by atoms with E-state index in [1.165, 1.54) is 5.56 Å². The summed E-state index contributed by atoms with van der Waals surface area (Å²) in [6.45, 7) is 2.05. The predicted octanol–water partition coefficient (Wildman–Crippen LogP) is 6.75. The number of nitrogens with zero attached hydrogens (tertiary/aromatic N) is 2. The van der Waals surface area contributed by atoms with Gasteiger partial charge in [-0.3, -0.25) is 4.79 Å². The number of hydrogen-bond acceptors (Lipinski definition) is 3. The molecular weight excluding hydrogens is 420 g/mol. The Morgan fingerprint density at radius 1 is 0.735 bits per heavy atom. The first-order chi connectivity index (χ1) is 16.6. The van der Waals surface area contributed by atoms with Gasteiger partial charge in [0.05, 0.1) is 18.5 Å². The van der Waals surface area contributed by atoms with Gasteiger partial charge in [0.1, 0.15) is 11.4 Å². The molecule has 4 aromatic carbocycles. The van der Waals surface area contributed by atoms with Crippen molar-refractivity contribution in [3.8, 4) is 33.8 Å². The maximum atomic E-state index is 13.4. The number of benzene rings is 4. The summed E-state index contributed by atoms with van der Waals surface area (Å²) in [6.07, 6.45) is 0. The molecule has 0 N–H and O–H groups in total. The van der Waals surface area contributed by atoms with Crippen molar-refractivity contribution in [2.24, 2.45) is 0 Å². The Morgan fingerprint density at radius 3 is 2.00 bits per heavy atom. The SMILES string of the molecule is COc1ccc(-n2nc(C(=O)c3ccc(-c4ccccc4)cc3)cc2-c2ccc(C)cc2)cc1. The lowest BCUT2D eigenvalue weighted by Gasteiger charge is -2.09. The Morgan fingerprint density at radius 2 is 1.35 bits per heavy atom. The molecule has 5 rings (SSSR count). The molecule has 0 radical (unpaired) electrons. The number of hydrogen-bond donors (Lipinski definition) is 0. The first-order valence-electron chi connectivity index (χ1n) is 11.1. The van der Waals surface area contributed by atoms with E-state index in [1.807, 2.05) is 77.5 Å². The molecule has 0 bridgehead atoms. The van der Waals surface area contributed by atoms with Crippen LogP contribution in [0, 0.1) is 6.92 Å². The van der Waals surface area contributed by atoms with Crippen LogP contribution in [0.25, 0.3) is 28.1 Å². The quantitative estimate of drug-likeness (QED) is 0.272. The highest BCUT2D eigenvalue weighted by molar-refractivity contribution is 6.08. The fourth-order valence-electron chi connectivity index (χ4n) is 3.93. The standard InChI is InChI=1S/C30H24N2O2/c1-21-8-10-24(11-9-21)29-20-28(31-32(29)26-16-18-27(34-2)19-17-26)30(33)25-14-12-23(13-15-25)22-6-4-3-5-7-22/h3-20H,1-2H3. The third-order valence-corrected chi connectivity index (χ3v) is 5.86. The summed E-state index contributed by atoms with van der Waals surface area (Å²) in [7, 11) is 1.64. The minimum atomic E-state index is -0.111. The minimum Gasteiger partial charge on any atom is -0.497 e. The maximum Gasteiger partial charge on any atom is 0.213 e.